The molecule has 3 rings (SSSR count). The predicted octanol–water partition coefficient (Wildman–Crippen LogP) is 2.97. The molecule has 3 nitrogen and oxygen atoms in total. The van der Waals surface area contributed by atoms with Crippen molar-refractivity contribution in [2.75, 3.05) is 7.11 Å². The summed E-state index contributed by atoms with van der Waals surface area (Å²) in [5.41, 5.74) is 2.65. The molecule has 3 aromatic rings. The summed E-state index contributed by atoms with van der Waals surface area (Å²) in [5.74, 6) is 0.780. The Morgan fingerprint density at radius 3 is 2.71 bits per heavy atom. The summed E-state index contributed by atoms with van der Waals surface area (Å²) in [6.45, 7) is 0. The van der Waals surface area contributed by atoms with Gasteiger partial charge < -0.3 is 9.14 Å². The first-order valence-corrected chi connectivity index (χ1v) is 5.32. The van der Waals surface area contributed by atoms with Gasteiger partial charge in [0.15, 0.2) is 0 Å². The molecule has 0 radical (unpaired) electrons. The van der Waals surface area contributed by atoms with Crippen molar-refractivity contribution >= 4 is 16.4 Å². The van der Waals surface area contributed by atoms with Crippen LogP contribution in [0.5, 0.6) is 5.75 Å². The molecule has 17 heavy (non-hydrogen) atoms. The number of rotatable bonds is 1. The molecular weight excluding hydrogens is 212 g/mol. The fraction of sp³-hybridized carbons (Fsp3) is 0.0714. The van der Waals surface area contributed by atoms with E-state index in [2.05, 4.69) is 6.07 Å². The molecule has 0 N–H and O–H groups in total. The number of methoxy groups -OCH3 is 1. The van der Waals surface area contributed by atoms with Crippen LogP contribution in [0.2, 0.25) is 0 Å². The van der Waals surface area contributed by atoms with Crippen LogP contribution in [0.3, 0.4) is 0 Å². The summed E-state index contributed by atoms with van der Waals surface area (Å²) in [6, 6.07) is 13.9. The molecule has 2 aromatic heterocycles. The number of nitriles is 1. The second-order valence-electron chi connectivity index (χ2n) is 3.83. The van der Waals surface area contributed by atoms with Crippen LogP contribution >= 0.6 is 0 Å². The van der Waals surface area contributed by atoms with E-state index in [1.807, 2.05) is 47.0 Å². The lowest BCUT2D eigenvalue weighted by atomic mass is 10.2. The van der Waals surface area contributed by atoms with Gasteiger partial charge in [-0.05, 0) is 18.2 Å². The number of ether oxygens (including phenoxy) is 1. The number of nitrogens with zero attached hydrogens (tertiary/aromatic N) is 2. The summed E-state index contributed by atoms with van der Waals surface area (Å²) < 4.78 is 7.20. The lowest BCUT2D eigenvalue weighted by molar-refractivity contribution is 0.412. The highest BCUT2D eigenvalue weighted by atomic mass is 16.5. The second kappa shape index (κ2) is 3.53. The summed E-state index contributed by atoms with van der Waals surface area (Å²) in [6.07, 6.45) is 1.90. The van der Waals surface area contributed by atoms with E-state index < -0.39 is 0 Å². The van der Waals surface area contributed by atoms with Crippen molar-refractivity contribution in [3.05, 3.63) is 48.2 Å². The highest BCUT2D eigenvalue weighted by molar-refractivity contribution is 5.95. The van der Waals surface area contributed by atoms with Gasteiger partial charge in [0.1, 0.15) is 11.8 Å². The molecule has 0 aliphatic heterocycles. The zero-order valence-corrected chi connectivity index (χ0v) is 9.34. The molecule has 3 heteroatoms. The maximum atomic E-state index is 9.25. The van der Waals surface area contributed by atoms with Crippen molar-refractivity contribution in [3.8, 4) is 11.8 Å². The van der Waals surface area contributed by atoms with Crippen LogP contribution in [0, 0.1) is 11.3 Å². The molecule has 0 saturated carbocycles. The summed E-state index contributed by atoms with van der Waals surface area (Å²) in [5, 5.41) is 10.2. The zero-order valence-electron chi connectivity index (χ0n) is 9.34. The third kappa shape index (κ3) is 1.28. The van der Waals surface area contributed by atoms with Gasteiger partial charge >= 0.3 is 0 Å². The highest BCUT2D eigenvalue weighted by Crippen LogP contribution is 2.27. The van der Waals surface area contributed by atoms with Crippen LogP contribution in [0.4, 0.5) is 0 Å². The predicted molar refractivity (Wildman–Crippen MR) is 66.2 cm³/mol. The van der Waals surface area contributed by atoms with Crippen LogP contribution in [-0.2, 0) is 0 Å². The van der Waals surface area contributed by atoms with E-state index in [-0.39, 0.29) is 0 Å². The third-order valence-corrected chi connectivity index (χ3v) is 2.96. The van der Waals surface area contributed by atoms with E-state index in [0.29, 0.717) is 5.56 Å². The Morgan fingerprint density at radius 2 is 1.94 bits per heavy atom. The molecule has 0 fully saturated rings. The fourth-order valence-electron chi connectivity index (χ4n) is 2.16. The number of benzene rings is 1. The topological polar surface area (TPSA) is 37.4 Å². The van der Waals surface area contributed by atoms with Gasteiger partial charge in [-0.3, -0.25) is 0 Å². The van der Waals surface area contributed by atoms with Gasteiger partial charge in [-0.2, -0.15) is 5.26 Å². The fourth-order valence-corrected chi connectivity index (χ4v) is 2.16. The van der Waals surface area contributed by atoms with Crippen molar-refractivity contribution in [2.24, 2.45) is 0 Å². The Bertz CT molecular complexity index is 750. The number of para-hydroxylation sites is 1. The van der Waals surface area contributed by atoms with Crippen molar-refractivity contribution < 1.29 is 4.74 Å². The van der Waals surface area contributed by atoms with Crippen molar-refractivity contribution in [3.63, 3.8) is 0 Å². The quantitative estimate of drug-likeness (QED) is 0.634. The first kappa shape index (κ1) is 9.73. The Kier molecular flexibility index (Phi) is 2.02. The molecule has 0 unspecified atom stereocenters. The first-order valence-electron chi connectivity index (χ1n) is 5.32. The van der Waals surface area contributed by atoms with Gasteiger partial charge in [0.05, 0.1) is 29.9 Å². The maximum absolute atomic E-state index is 9.25. The molecule has 0 amide bonds. The largest absolute Gasteiger partial charge is 0.495 e. The van der Waals surface area contributed by atoms with E-state index in [1.165, 1.54) is 0 Å². The third-order valence-electron chi connectivity index (χ3n) is 2.96. The smallest absolute Gasteiger partial charge is 0.135 e. The number of hydrogen-bond donors (Lipinski definition) is 0. The second-order valence-corrected chi connectivity index (χ2v) is 3.83. The van der Waals surface area contributed by atoms with Crippen LogP contribution in [-0.4, -0.2) is 11.5 Å². The number of fused-ring (bicyclic) bond motifs is 3. The SMILES string of the molecule is COc1ccc2c(C#N)c3ccccc3n2c1. The normalized spacial score (nSPS) is 10.6. The Balaban J connectivity index is 2.55. The van der Waals surface area contributed by atoms with E-state index in [1.54, 1.807) is 7.11 Å². The van der Waals surface area contributed by atoms with E-state index in [4.69, 9.17) is 4.74 Å². The van der Waals surface area contributed by atoms with Crippen LogP contribution in [0.1, 0.15) is 5.56 Å². The standard InChI is InChI=1S/C14H10N2O/c1-17-10-6-7-14-12(8-15)11-4-2-3-5-13(11)16(14)9-10/h2-7,9H,1H3. The Morgan fingerprint density at radius 1 is 1.12 bits per heavy atom. The average Bonchev–Trinajstić information content (AvgIpc) is 2.71. The summed E-state index contributed by atoms with van der Waals surface area (Å²) >= 11 is 0. The van der Waals surface area contributed by atoms with Crippen LogP contribution < -0.4 is 4.74 Å². The van der Waals surface area contributed by atoms with Crippen molar-refractivity contribution in [1.29, 1.82) is 5.26 Å². The minimum Gasteiger partial charge on any atom is -0.495 e. The van der Waals surface area contributed by atoms with E-state index in [0.717, 1.165) is 22.2 Å². The molecule has 0 aliphatic rings. The average molecular weight is 222 g/mol. The van der Waals surface area contributed by atoms with Gasteiger partial charge in [0.25, 0.3) is 0 Å². The van der Waals surface area contributed by atoms with Crippen LogP contribution in [0.25, 0.3) is 16.4 Å². The summed E-state index contributed by atoms with van der Waals surface area (Å²) in [4.78, 5) is 0. The number of pyridine rings is 1. The molecule has 0 saturated heterocycles. The maximum Gasteiger partial charge on any atom is 0.135 e. The Labute approximate surface area is 98.5 Å². The molecule has 82 valence electrons. The molecule has 2 heterocycles. The van der Waals surface area contributed by atoms with Gasteiger partial charge in [0.2, 0.25) is 0 Å². The van der Waals surface area contributed by atoms with E-state index in [9.17, 15) is 5.26 Å². The molecule has 1 aromatic carbocycles. The van der Waals surface area contributed by atoms with Gasteiger partial charge in [-0.15, -0.1) is 0 Å². The van der Waals surface area contributed by atoms with Crippen molar-refractivity contribution in [1.82, 2.24) is 4.40 Å². The summed E-state index contributed by atoms with van der Waals surface area (Å²) in [7, 11) is 1.64. The highest BCUT2D eigenvalue weighted by Gasteiger charge is 2.10. The first-order chi connectivity index (χ1) is 8.35. The number of hydrogen-bond acceptors (Lipinski definition) is 2. The number of aromatic nitrogens is 1. The molecule has 0 aliphatic carbocycles. The molecule has 0 spiro atoms. The van der Waals surface area contributed by atoms with Crippen molar-refractivity contribution in [2.45, 2.75) is 0 Å². The monoisotopic (exact) mass is 222 g/mol. The molecule has 0 atom stereocenters. The molecular formula is C14H10N2O. The van der Waals surface area contributed by atoms with E-state index >= 15 is 0 Å². The van der Waals surface area contributed by atoms with Crippen LogP contribution in [0.15, 0.2) is 42.6 Å². The molecule has 0 bridgehead atoms. The van der Waals surface area contributed by atoms with Gasteiger partial charge in [-0.1, -0.05) is 18.2 Å². The van der Waals surface area contributed by atoms with Gasteiger partial charge in [0, 0.05) is 5.39 Å². The lowest BCUT2D eigenvalue weighted by Crippen LogP contribution is -1.88. The minimum absolute atomic E-state index is 0.711. The Hall–Kier alpha value is -2.47. The lowest BCUT2D eigenvalue weighted by Gasteiger charge is -2.01. The minimum atomic E-state index is 0.711. The van der Waals surface area contributed by atoms with Gasteiger partial charge in [-0.25, -0.2) is 0 Å². The zero-order chi connectivity index (χ0) is 11.8.